The first-order valence-corrected chi connectivity index (χ1v) is 9.93. The smallest absolute Gasteiger partial charge is 0.337 e. The lowest BCUT2D eigenvalue weighted by Crippen LogP contribution is -2.52. The van der Waals surface area contributed by atoms with Crippen LogP contribution in [0, 0.1) is 11.6 Å². The molecule has 0 bridgehead atoms. The maximum Gasteiger partial charge on any atom is 0.337 e. The minimum atomic E-state index is -0.952. The Bertz CT molecular complexity index is 923. The highest BCUT2D eigenvalue weighted by molar-refractivity contribution is 5.96. The minimum Gasteiger partial charge on any atom is -0.465 e. The molecular weight excluding hydrogens is 390 g/mol. The Hall–Kier alpha value is -2.80. The summed E-state index contributed by atoms with van der Waals surface area (Å²) in [5, 5.41) is 2.99. The average molecular weight is 416 g/mol. The fourth-order valence-corrected chi connectivity index (χ4v) is 3.93. The highest BCUT2D eigenvalue weighted by Crippen LogP contribution is 2.34. The number of likely N-dealkylation sites (tertiary alicyclic amines) is 1. The quantitative estimate of drug-likeness (QED) is 0.721. The van der Waals surface area contributed by atoms with Crippen molar-refractivity contribution >= 4 is 11.9 Å². The van der Waals surface area contributed by atoms with E-state index in [1.54, 1.807) is 0 Å². The topological polar surface area (TPSA) is 58.6 Å². The lowest BCUT2D eigenvalue weighted by Gasteiger charge is -2.42. The molecule has 2 aromatic carbocycles. The Morgan fingerprint density at radius 1 is 1.00 bits per heavy atom. The summed E-state index contributed by atoms with van der Waals surface area (Å²) in [6.45, 7) is 5.73. The van der Waals surface area contributed by atoms with E-state index in [-0.39, 0.29) is 5.91 Å². The highest BCUT2D eigenvalue weighted by atomic mass is 19.2. The summed E-state index contributed by atoms with van der Waals surface area (Å²) >= 11 is 0. The average Bonchev–Trinajstić information content (AvgIpc) is 3.29. The van der Waals surface area contributed by atoms with Gasteiger partial charge in [0.1, 0.15) is 0 Å². The van der Waals surface area contributed by atoms with Gasteiger partial charge in [0.05, 0.1) is 18.7 Å². The van der Waals surface area contributed by atoms with Gasteiger partial charge in [0, 0.05) is 11.1 Å². The Morgan fingerprint density at radius 2 is 1.60 bits per heavy atom. The second-order valence-corrected chi connectivity index (χ2v) is 8.00. The van der Waals surface area contributed by atoms with Crippen molar-refractivity contribution < 1.29 is 23.1 Å². The van der Waals surface area contributed by atoms with Crippen LogP contribution in [0.3, 0.4) is 0 Å². The van der Waals surface area contributed by atoms with Gasteiger partial charge in [0.15, 0.2) is 11.6 Å². The van der Waals surface area contributed by atoms with Crippen LogP contribution in [-0.2, 0) is 4.74 Å². The number of hydrogen-bond donors (Lipinski definition) is 1. The number of methoxy groups -OCH3 is 1. The zero-order valence-corrected chi connectivity index (χ0v) is 17.4. The molecule has 0 radical (unpaired) electrons. The fraction of sp³-hybridized carbons (Fsp3) is 0.391. The van der Waals surface area contributed by atoms with Gasteiger partial charge in [-0.15, -0.1) is 0 Å². The molecule has 1 saturated heterocycles. The number of nitrogens with zero attached hydrogens (tertiary/aromatic N) is 1. The number of amides is 1. The van der Waals surface area contributed by atoms with Crippen molar-refractivity contribution in [3.8, 4) is 0 Å². The van der Waals surface area contributed by atoms with E-state index in [2.05, 4.69) is 15.0 Å². The molecule has 1 fully saturated rings. The summed E-state index contributed by atoms with van der Waals surface area (Å²) in [5.74, 6) is -2.74. The van der Waals surface area contributed by atoms with Gasteiger partial charge in [0.2, 0.25) is 0 Å². The van der Waals surface area contributed by atoms with E-state index in [0.717, 1.165) is 38.1 Å². The number of ether oxygens (including phenoxy) is 1. The van der Waals surface area contributed by atoms with Gasteiger partial charge in [-0.2, -0.15) is 0 Å². The Labute approximate surface area is 175 Å². The van der Waals surface area contributed by atoms with Crippen LogP contribution in [0.5, 0.6) is 0 Å². The van der Waals surface area contributed by atoms with E-state index in [1.807, 2.05) is 13.8 Å². The van der Waals surface area contributed by atoms with Crippen molar-refractivity contribution in [3.05, 3.63) is 70.8 Å². The number of nitrogens with one attached hydrogen (secondary N) is 1. The molecule has 5 nitrogen and oxygen atoms in total. The van der Waals surface area contributed by atoms with Gasteiger partial charge < -0.3 is 10.1 Å². The fourth-order valence-electron chi connectivity index (χ4n) is 3.93. The molecule has 7 heteroatoms. The van der Waals surface area contributed by atoms with Crippen molar-refractivity contribution in [1.82, 2.24) is 10.2 Å². The molecule has 1 atom stereocenters. The molecule has 1 aliphatic rings. The molecule has 1 amide bonds. The van der Waals surface area contributed by atoms with E-state index in [1.165, 1.54) is 37.4 Å². The van der Waals surface area contributed by atoms with Crippen LogP contribution in [0.25, 0.3) is 0 Å². The Morgan fingerprint density at radius 3 is 2.17 bits per heavy atom. The van der Waals surface area contributed by atoms with Crippen LogP contribution < -0.4 is 5.32 Å². The molecule has 0 saturated carbocycles. The standard InChI is InChI=1S/C23H26F2N2O3/c1-23(2,27-12-4-5-13-27)20(17-10-11-18(24)19(25)14-17)26-21(28)15-6-8-16(9-7-15)22(29)30-3/h6-11,14,20H,4-5,12-13H2,1-3H3,(H,26,28). The van der Waals surface area contributed by atoms with E-state index < -0.39 is 29.2 Å². The molecule has 1 heterocycles. The van der Waals surface area contributed by atoms with Crippen molar-refractivity contribution in [3.63, 3.8) is 0 Å². The van der Waals surface area contributed by atoms with E-state index in [4.69, 9.17) is 0 Å². The third kappa shape index (κ3) is 4.51. The molecule has 160 valence electrons. The number of hydrogen-bond acceptors (Lipinski definition) is 4. The molecule has 1 aliphatic heterocycles. The number of carbonyl (C=O) groups is 2. The summed E-state index contributed by atoms with van der Waals surface area (Å²) in [7, 11) is 1.29. The molecule has 0 spiro atoms. The summed E-state index contributed by atoms with van der Waals surface area (Å²) in [4.78, 5) is 26.8. The Kier molecular flexibility index (Phi) is 6.51. The summed E-state index contributed by atoms with van der Waals surface area (Å²) in [6.07, 6.45) is 2.10. The molecule has 3 rings (SSSR count). The lowest BCUT2D eigenvalue weighted by molar-refractivity contribution is 0.0600. The van der Waals surface area contributed by atoms with Crippen LogP contribution >= 0.6 is 0 Å². The molecule has 0 aliphatic carbocycles. The second-order valence-electron chi connectivity index (χ2n) is 8.00. The van der Waals surface area contributed by atoms with E-state index in [0.29, 0.717) is 16.7 Å². The molecule has 1 unspecified atom stereocenters. The molecule has 30 heavy (non-hydrogen) atoms. The maximum atomic E-state index is 14.0. The van der Waals surface area contributed by atoms with Gasteiger partial charge >= 0.3 is 5.97 Å². The molecule has 0 aromatic heterocycles. The Balaban J connectivity index is 1.90. The van der Waals surface area contributed by atoms with Gasteiger partial charge in [0.25, 0.3) is 5.91 Å². The zero-order chi connectivity index (χ0) is 21.9. The van der Waals surface area contributed by atoms with E-state index in [9.17, 15) is 18.4 Å². The molecule has 2 aromatic rings. The molecule has 1 N–H and O–H groups in total. The van der Waals surface area contributed by atoms with Crippen LogP contribution in [0.4, 0.5) is 8.78 Å². The van der Waals surface area contributed by atoms with Gasteiger partial charge in [-0.25, -0.2) is 13.6 Å². The predicted molar refractivity (Wildman–Crippen MR) is 109 cm³/mol. The zero-order valence-electron chi connectivity index (χ0n) is 17.4. The van der Waals surface area contributed by atoms with Gasteiger partial charge in [-0.05, 0) is 81.7 Å². The van der Waals surface area contributed by atoms with Crippen LogP contribution in [0.2, 0.25) is 0 Å². The summed E-state index contributed by atoms with van der Waals surface area (Å²) in [6, 6.07) is 9.24. The van der Waals surface area contributed by atoms with Crippen molar-refractivity contribution in [2.75, 3.05) is 20.2 Å². The first-order chi connectivity index (χ1) is 14.2. The lowest BCUT2D eigenvalue weighted by atomic mass is 9.86. The normalized spacial score (nSPS) is 15.6. The first-order valence-electron chi connectivity index (χ1n) is 9.93. The van der Waals surface area contributed by atoms with Crippen molar-refractivity contribution in [1.29, 1.82) is 0 Å². The van der Waals surface area contributed by atoms with Gasteiger partial charge in [-0.1, -0.05) is 6.07 Å². The largest absolute Gasteiger partial charge is 0.465 e. The van der Waals surface area contributed by atoms with Crippen molar-refractivity contribution in [2.45, 2.75) is 38.3 Å². The number of benzene rings is 2. The van der Waals surface area contributed by atoms with E-state index >= 15 is 0 Å². The summed E-state index contributed by atoms with van der Waals surface area (Å²) < 4.78 is 32.2. The molecular formula is C23H26F2N2O3. The van der Waals surface area contributed by atoms with Crippen molar-refractivity contribution in [2.24, 2.45) is 0 Å². The third-order valence-electron chi connectivity index (χ3n) is 5.75. The second kappa shape index (κ2) is 8.92. The highest BCUT2D eigenvalue weighted by Gasteiger charge is 2.39. The van der Waals surface area contributed by atoms with Gasteiger partial charge in [-0.3, -0.25) is 9.69 Å². The monoisotopic (exact) mass is 416 g/mol. The number of rotatable bonds is 6. The SMILES string of the molecule is COC(=O)c1ccc(C(=O)NC(c2ccc(F)c(F)c2)C(C)(C)N2CCCC2)cc1. The van der Waals surface area contributed by atoms with Crippen LogP contribution in [-0.4, -0.2) is 42.5 Å². The number of carbonyl (C=O) groups excluding carboxylic acids is 2. The van der Waals surface area contributed by atoms with Crippen LogP contribution in [0.15, 0.2) is 42.5 Å². The minimum absolute atomic E-state index is 0.337. The van der Waals surface area contributed by atoms with Crippen LogP contribution in [0.1, 0.15) is 59.0 Å². The number of halogens is 2. The predicted octanol–water partition coefficient (Wildman–Crippen LogP) is 4.10. The third-order valence-corrected chi connectivity index (χ3v) is 5.75. The maximum absolute atomic E-state index is 14.0. The number of esters is 1. The first kappa shape index (κ1) is 21.9. The summed E-state index contributed by atoms with van der Waals surface area (Å²) in [5.41, 5.74) is 0.656.